The van der Waals surface area contributed by atoms with Crippen LogP contribution in [0.15, 0.2) is 0 Å². The van der Waals surface area contributed by atoms with Gasteiger partial charge < -0.3 is 4.90 Å². The number of hydrogen-bond donors (Lipinski definition) is 1. The van der Waals surface area contributed by atoms with Crippen molar-refractivity contribution in [2.24, 2.45) is 0 Å². The van der Waals surface area contributed by atoms with Gasteiger partial charge in [0.25, 0.3) is 0 Å². The van der Waals surface area contributed by atoms with Gasteiger partial charge in [-0.3, -0.25) is 0 Å². The molecule has 7 heavy (non-hydrogen) atoms. The van der Waals surface area contributed by atoms with Crippen molar-refractivity contribution >= 4 is 78.0 Å². The van der Waals surface area contributed by atoms with Gasteiger partial charge >= 0.3 is 48.9 Å². The third-order valence-corrected chi connectivity index (χ3v) is 1.15. The van der Waals surface area contributed by atoms with Gasteiger partial charge in [0.1, 0.15) is 4.32 Å². The third kappa shape index (κ3) is 7.81. The zero-order chi connectivity index (χ0) is 5.15. The van der Waals surface area contributed by atoms with Crippen molar-refractivity contribution < 1.29 is 0 Å². The average Bonchev–Trinajstić information content (AvgIpc) is 1.36. The summed E-state index contributed by atoms with van der Waals surface area (Å²) < 4.78 is 0.620. The Balaban J connectivity index is 0. The molecule has 0 aliphatic heterocycles. The minimum atomic E-state index is 0. The van der Waals surface area contributed by atoms with Gasteiger partial charge in [-0.05, 0) is 0 Å². The second-order valence-corrected chi connectivity index (χ2v) is 2.29. The quantitative estimate of drug-likeness (QED) is 0.367. The van der Waals surface area contributed by atoms with E-state index in [2.05, 4.69) is 24.8 Å². The molecule has 0 unspecified atom stereocenters. The van der Waals surface area contributed by atoms with Crippen LogP contribution < -0.4 is 0 Å². The van der Waals surface area contributed by atoms with Crippen LogP contribution in [0.2, 0.25) is 0 Å². The van der Waals surface area contributed by atoms with E-state index < -0.39 is 0 Å². The van der Waals surface area contributed by atoms with E-state index in [1.54, 1.807) is 4.90 Å². The predicted molar refractivity (Wildman–Crippen MR) is 43.8 cm³/mol. The topological polar surface area (TPSA) is 3.24 Å². The number of rotatable bonds is 0. The Hall–Kier alpha value is 1.81. The van der Waals surface area contributed by atoms with E-state index in [1.165, 1.54) is 0 Å². The van der Waals surface area contributed by atoms with Gasteiger partial charge in [0.15, 0.2) is 0 Å². The van der Waals surface area contributed by atoms with Gasteiger partial charge in [0.2, 0.25) is 0 Å². The molecular weight excluding hydrogens is 252 g/mol. The van der Waals surface area contributed by atoms with Crippen molar-refractivity contribution in [3.05, 3.63) is 0 Å². The summed E-state index contributed by atoms with van der Waals surface area (Å²) in [5, 5.41) is 0. The molecule has 0 saturated heterocycles. The first kappa shape index (κ1) is 11.6. The van der Waals surface area contributed by atoms with E-state index in [1.807, 2.05) is 14.1 Å². The normalized spacial score (nSPS) is 6.71. The third-order valence-electron chi connectivity index (χ3n) is 0.383. The Morgan fingerprint density at radius 1 is 1.57 bits per heavy atom. The van der Waals surface area contributed by atoms with Crippen molar-refractivity contribution in [3.8, 4) is 0 Å². The molecule has 0 saturated carbocycles. The summed E-state index contributed by atoms with van der Waals surface area (Å²) in [5.74, 6) is 0. The Kier molecular flexibility index (Phi) is 9.83. The first-order valence-electron chi connectivity index (χ1n) is 1.55. The molecule has 0 atom stereocenters. The second-order valence-electron chi connectivity index (χ2n) is 1.18. The molecule has 4 heteroatoms. The summed E-state index contributed by atoms with van der Waals surface area (Å²) in [6.07, 6.45) is 0. The van der Waals surface area contributed by atoms with Crippen LogP contribution in [0.25, 0.3) is 0 Å². The number of thiocarbonyl (C=S) groups is 1. The zero-order valence-corrected chi connectivity index (χ0v) is 5.51. The van der Waals surface area contributed by atoms with Gasteiger partial charge in [0.05, 0.1) is 0 Å². The fraction of sp³-hybridized carbons (Fsp3) is 0.667. The molecule has 0 aromatic heterocycles. The Labute approximate surface area is 95.3 Å². The molecule has 0 N–H and O–H groups in total. The second kappa shape index (κ2) is 5.94. The summed E-state index contributed by atoms with van der Waals surface area (Å²) in [7, 11) is 3.71. The van der Waals surface area contributed by atoms with Crippen molar-refractivity contribution in [1.29, 1.82) is 0 Å². The molecule has 0 rings (SSSR count). The van der Waals surface area contributed by atoms with Crippen LogP contribution in [0.4, 0.5) is 0 Å². The van der Waals surface area contributed by atoms with Crippen LogP contribution in [0, 0.1) is 0 Å². The van der Waals surface area contributed by atoms with Crippen LogP contribution in [-0.2, 0) is 0 Å². The van der Waals surface area contributed by atoms with Crippen LogP contribution in [0.5, 0.6) is 0 Å². The summed E-state index contributed by atoms with van der Waals surface area (Å²) in [6, 6.07) is 0. The monoisotopic (exact) mass is 261 g/mol. The van der Waals surface area contributed by atoms with Crippen LogP contribution >= 0.6 is 24.8 Å². The average molecular weight is 261 g/mol. The minimum absolute atomic E-state index is 0. The maximum atomic E-state index is 4.61. The maximum absolute atomic E-state index is 4.61. The van der Waals surface area contributed by atoms with Crippen LogP contribution in [-0.4, -0.2) is 72.2 Å². The van der Waals surface area contributed by atoms with E-state index in [4.69, 9.17) is 0 Å². The zero-order valence-electron chi connectivity index (χ0n) is 3.80. The van der Waals surface area contributed by atoms with Gasteiger partial charge in [-0.2, -0.15) is 0 Å². The molecule has 0 aromatic rings. The molecule has 0 spiro atoms. The SMILES string of the molecule is CN(C)C(=S)S.[BaH2]. The molecular formula is C3H9BaNS2. The van der Waals surface area contributed by atoms with E-state index >= 15 is 0 Å². The Morgan fingerprint density at radius 3 is 1.71 bits per heavy atom. The summed E-state index contributed by atoms with van der Waals surface area (Å²) in [4.78, 5) is 1.76. The first-order valence-corrected chi connectivity index (χ1v) is 2.40. The van der Waals surface area contributed by atoms with Crippen LogP contribution in [0.1, 0.15) is 0 Å². The number of nitrogens with zero attached hydrogens (tertiary/aromatic N) is 1. The van der Waals surface area contributed by atoms with E-state index in [0.29, 0.717) is 4.32 Å². The van der Waals surface area contributed by atoms with Crippen molar-refractivity contribution in [2.75, 3.05) is 14.1 Å². The molecule has 0 aromatic carbocycles. The molecule has 0 amide bonds. The van der Waals surface area contributed by atoms with Crippen molar-refractivity contribution in [2.45, 2.75) is 0 Å². The predicted octanol–water partition coefficient (Wildman–Crippen LogP) is -0.154. The number of hydrogen-bond acceptors (Lipinski definition) is 1. The standard InChI is InChI=1S/C3H7NS2.Ba.2H/c1-4(2)3(5)6;;;/h1-2H3,(H,5,6);;;. The fourth-order valence-corrected chi connectivity index (χ4v) is 0. The molecule has 0 aliphatic rings. The molecule has 0 radical (unpaired) electrons. The Bertz CT molecular complexity index is 64.0. The van der Waals surface area contributed by atoms with Gasteiger partial charge in [-0.1, -0.05) is 12.2 Å². The molecule has 0 aliphatic carbocycles. The van der Waals surface area contributed by atoms with Gasteiger partial charge in [-0.15, -0.1) is 12.6 Å². The van der Waals surface area contributed by atoms with Gasteiger partial charge in [0, 0.05) is 14.1 Å². The molecule has 0 heterocycles. The molecule has 0 fully saturated rings. The van der Waals surface area contributed by atoms with Crippen molar-refractivity contribution in [3.63, 3.8) is 0 Å². The molecule has 1 nitrogen and oxygen atoms in total. The molecule has 0 bridgehead atoms. The molecule has 40 valence electrons. The summed E-state index contributed by atoms with van der Waals surface area (Å²) >= 11 is 8.46. The first-order chi connectivity index (χ1) is 2.64. The summed E-state index contributed by atoms with van der Waals surface area (Å²) in [6.45, 7) is 0. The Morgan fingerprint density at radius 2 is 1.71 bits per heavy atom. The fourth-order valence-electron chi connectivity index (χ4n) is 0. The van der Waals surface area contributed by atoms with Crippen LogP contribution in [0.3, 0.4) is 0 Å². The van der Waals surface area contributed by atoms with Crippen molar-refractivity contribution in [1.82, 2.24) is 4.90 Å². The van der Waals surface area contributed by atoms with E-state index in [0.717, 1.165) is 0 Å². The summed E-state index contributed by atoms with van der Waals surface area (Å²) in [5.41, 5.74) is 0. The number of thiol groups is 1. The van der Waals surface area contributed by atoms with E-state index in [-0.39, 0.29) is 48.9 Å². The van der Waals surface area contributed by atoms with Gasteiger partial charge in [-0.25, -0.2) is 0 Å². The van der Waals surface area contributed by atoms with E-state index in [9.17, 15) is 0 Å².